The third-order valence-electron chi connectivity index (χ3n) is 3.71. The van der Waals surface area contributed by atoms with Gasteiger partial charge < -0.3 is 10.2 Å². The zero-order valence-corrected chi connectivity index (χ0v) is 12.6. The van der Waals surface area contributed by atoms with Crippen molar-refractivity contribution in [2.45, 2.75) is 45.1 Å². The Labute approximate surface area is 119 Å². The van der Waals surface area contributed by atoms with Crippen LogP contribution in [-0.4, -0.2) is 35.1 Å². The maximum absolute atomic E-state index is 5.93. The lowest BCUT2D eigenvalue weighted by Gasteiger charge is -2.28. The highest BCUT2D eigenvalue weighted by Crippen LogP contribution is 2.27. The number of rotatable bonds is 4. The van der Waals surface area contributed by atoms with Crippen LogP contribution in [0.15, 0.2) is 0 Å². The Balaban J connectivity index is 2.05. The molecule has 1 aromatic rings. The van der Waals surface area contributed by atoms with Gasteiger partial charge in [0.2, 0.25) is 17.2 Å². The smallest absolute Gasteiger partial charge is 0.230 e. The summed E-state index contributed by atoms with van der Waals surface area (Å²) in [5.41, 5.74) is 0. The molecule has 1 N–H and O–H groups in total. The van der Waals surface area contributed by atoms with E-state index in [0.29, 0.717) is 23.9 Å². The van der Waals surface area contributed by atoms with Gasteiger partial charge in [0, 0.05) is 20.1 Å². The molecule has 1 heterocycles. The van der Waals surface area contributed by atoms with E-state index in [4.69, 9.17) is 11.6 Å². The quantitative estimate of drug-likeness (QED) is 0.921. The summed E-state index contributed by atoms with van der Waals surface area (Å²) in [4.78, 5) is 14.4. The van der Waals surface area contributed by atoms with Gasteiger partial charge in [0.15, 0.2) is 0 Å². The van der Waals surface area contributed by atoms with Crippen molar-refractivity contribution in [1.82, 2.24) is 15.0 Å². The Morgan fingerprint density at radius 2 is 1.84 bits per heavy atom. The van der Waals surface area contributed by atoms with Crippen molar-refractivity contribution in [2.24, 2.45) is 5.92 Å². The number of anilines is 2. The first kappa shape index (κ1) is 14.3. The third-order valence-corrected chi connectivity index (χ3v) is 3.88. The minimum absolute atomic E-state index is 0.233. The largest absolute Gasteiger partial charge is 0.351 e. The van der Waals surface area contributed by atoms with Gasteiger partial charge in [-0.05, 0) is 37.3 Å². The fourth-order valence-corrected chi connectivity index (χ4v) is 2.72. The average molecular weight is 284 g/mol. The van der Waals surface area contributed by atoms with E-state index < -0.39 is 0 Å². The van der Waals surface area contributed by atoms with E-state index in [9.17, 15) is 0 Å². The second kappa shape index (κ2) is 6.37. The number of hydrogen-bond donors (Lipinski definition) is 1. The minimum atomic E-state index is 0.233. The van der Waals surface area contributed by atoms with E-state index >= 15 is 0 Å². The van der Waals surface area contributed by atoms with Crippen LogP contribution in [0, 0.1) is 5.92 Å². The van der Waals surface area contributed by atoms with Gasteiger partial charge in [-0.3, -0.25) is 0 Å². The highest BCUT2D eigenvalue weighted by Gasteiger charge is 2.21. The van der Waals surface area contributed by atoms with Gasteiger partial charge in [-0.15, -0.1) is 0 Å². The molecule has 2 rings (SSSR count). The molecule has 19 heavy (non-hydrogen) atoms. The normalized spacial score (nSPS) is 18.1. The molecule has 0 saturated heterocycles. The number of nitrogens with zero attached hydrogens (tertiary/aromatic N) is 4. The Morgan fingerprint density at radius 3 is 2.47 bits per heavy atom. The first-order valence-corrected chi connectivity index (χ1v) is 7.29. The van der Waals surface area contributed by atoms with Crippen molar-refractivity contribution in [3.63, 3.8) is 0 Å². The number of aromatic nitrogens is 3. The second-order valence-electron chi connectivity index (χ2n) is 5.45. The van der Waals surface area contributed by atoms with E-state index in [0.717, 1.165) is 0 Å². The Hall–Kier alpha value is -1.10. The predicted octanol–water partition coefficient (Wildman–Crippen LogP) is 2.97. The summed E-state index contributed by atoms with van der Waals surface area (Å²) in [5.74, 6) is 1.85. The number of hydrogen-bond acceptors (Lipinski definition) is 5. The van der Waals surface area contributed by atoms with Gasteiger partial charge in [0.05, 0.1) is 0 Å². The van der Waals surface area contributed by atoms with Crippen molar-refractivity contribution in [3.8, 4) is 0 Å². The highest BCUT2D eigenvalue weighted by atomic mass is 35.5. The number of nitrogens with one attached hydrogen (secondary N) is 1. The van der Waals surface area contributed by atoms with Crippen molar-refractivity contribution in [3.05, 3.63) is 5.28 Å². The summed E-state index contributed by atoms with van der Waals surface area (Å²) in [6.45, 7) is 2.20. The lowest BCUT2D eigenvalue weighted by atomic mass is 9.85. The molecule has 5 nitrogen and oxygen atoms in total. The molecule has 1 aliphatic rings. The molecule has 1 atom stereocenters. The molecule has 1 saturated carbocycles. The van der Waals surface area contributed by atoms with Crippen LogP contribution in [0.5, 0.6) is 0 Å². The van der Waals surface area contributed by atoms with E-state index in [1.807, 2.05) is 19.0 Å². The van der Waals surface area contributed by atoms with Crippen LogP contribution in [-0.2, 0) is 0 Å². The summed E-state index contributed by atoms with van der Waals surface area (Å²) >= 11 is 5.93. The van der Waals surface area contributed by atoms with Crippen LogP contribution in [0.2, 0.25) is 5.28 Å². The maximum Gasteiger partial charge on any atom is 0.230 e. The summed E-state index contributed by atoms with van der Waals surface area (Å²) in [5, 5.41) is 3.61. The zero-order valence-electron chi connectivity index (χ0n) is 11.9. The molecule has 1 fully saturated rings. The Morgan fingerprint density at radius 1 is 1.16 bits per heavy atom. The summed E-state index contributed by atoms with van der Waals surface area (Å²) in [6, 6.07) is 0.369. The van der Waals surface area contributed by atoms with Crippen LogP contribution >= 0.6 is 11.6 Å². The van der Waals surface area contributed by atoms with Gasteiger partial charge in [0.1, 0.15) is 0 Å². The molecule has 0 spiro atoms. The third kappa shape index (κ3) is 3.93. The van der Waals surface area contributed by atoms with E-state index in [1.165, 1.54) is 32.1 Å². The molecule has 1 aromatic heterocycles. The molecule has 0 bridgehead atoms. The molecule has 106 valence electrons. The van der Waals surface area contributed by atoms with Gasteiger partial charge in [-0.2, -0.15) is 15.0 Å². The first-order valence-electron chi connectivity index (χ1n) is 6.91. The first-order chi connectivity index (χ1) is 9.06. The maximum atomic E-state index is 5.93. The fraction of sp³-hybridized carbons (Fsp3) is 0.769. The molecular weight excluding hydrogens is 262 g/mol. The monoisotopic (exact) mass is 283 g/mol. The molecule has 0 aromatic carbocycles. The lowest BCUT2D eigenvalue weighted by Crippen LogP contribution is -2.29. The van der Waals surface area contributed by atoms with Crippen molar-refractivity contribution >= 4 is 23.5 Å². The van der Waals surface area contributed by atoms with Gasteiger partial charge in [-0.1, -0.05) is 19.3 Å². The van der Waals surface area contributed by atoms with E-state index in [-0.39, 0.29) is 5.28 Å². The lowest BCUT2D eigenvalue weighted by molar-refractivity contribution is 0.327. The summed E-state index contributed by atoms with van der Waals surface area (Å²) < 4.78 is 0. The standard InChI is InChI=1S/C13H22ClN5/c1-9(10-7-5-4-6-8-10)15-12-16-11(14)17-13(18-12)19(2)3/h9-10H,4-8H2,1-3H3,(H,15,16,17,18). The van der Waals surface area contributed by atoms with Crippen LogP contribution in [0.3, 0.4) is 0 Å². The summed E-state index contributed by atoms with van der Waals surface area (Å²) in [6.07, 6.45) is 6.60. The molecule has 0 aliphatic heterocycles. The second-order valence-corrected chi connectivity index (χ2v) is 5.79. The fourth-order valence-electron chi connectivity index (χ4n) is 2.56. The number of halogens is 1. The van der Waals surface area contributed by atoms with Gasteiger partial charge in [-0.25, -0.2) is 0 Å². The van der Waals surface area contributed by atoms with Crippen molar-refractivity contribution < 1.29 is 0 Å². The van der Waals surface area contributed by atoms with E-state index in [2.05, 4.69) is 27.2 Å². The van der Waals surface area contributed by atoms with Crippen LogP contribution in [0.4, 0.5) is 11.9 Å². The molecule has 1 aliphatic carbocycles. The topological polar surface area (TPSA) is 53.9 Å². The van der Waals surface area contributed by atoms with Crippen LogP contribution < -0.4 is 10.2 Å². The Kier molecular flexibility index (Phi) is 4.80. The molecule has 0 radical (unpaired) electrons. The molecular formula is C13H22ClN5. The SMILES string of the molecule is CC(Nc1nc(Cl)nc(N(C)C)n1)C1CCCCC1. The van der Waals surface area contributed by atoms with Crippen LogP contribution in [0.1, 0.15) is 39.0 Å². The average Bonchev–Trinajstić information content (AvgIpc) is 2.39. The van der Waals surface area contributed by atoms with Gasteiger partial charge >= 0.3 is 0 Å². The van der Waals surface area contributed by atoms with Crippen LogP contribution in [0.25, 0.3) is 0 Å². The van der Waals surface area contributed by atoms with Crippen molar-refractivity contribution in [2.75, 3.05) is 24.3 Å². The molecule has 6 heteroatoms. The molecule has 0 amide bonds. The zero-order chi connectivity index (χ0) is 13.8. The van der Waals surface area contributed by atoms with Crippen molar-refractivity contribution in [1.29, 1.82) is 0 Å². The minimum Gasteiger partial charge on any atom is -0.351 e. The van der Waals surface area contributed by atoms with Gasteiger partial charge in [0.25, 0.3) is 0 Å². The highest BCUT2D eigenvalue weighted by molar-refractivity contribution is 6.28. The molecule has 1 unspecified atom stereocenters. The van der Waals surface area contributed by atoms with E-state index in [1.54, 1.807) is 0 Å². The Bertz CT molecular complexity index is 417. The predicted molar refractivity (Wildman–Crippen MR) is 78.8 cm³/mol. The summed E-state index contributed by atoms with van der Waals surface area (Å²) in [7, 11) is 3.78.